The number of carbonyl (C=O) groups excluding carboxylic acids is 4. The fourth-order valence-electron chi connectivity index (χ4n) is 8.33. The molecule has 6 aliphatic rings. The number of likely N-dealkylation sites (tertiary alicyclic amines) is 2. The summed E-state index contributed by atoms with van der Waals surface area (Å²) >= 11 is 0. The Labute approximate surface area is 232 Å². The Kier molecular flexibility index (Phi) is 6.89. The van der Waals surface area contributed by atoms with E-state index in [1.807, 2.05) is 13.1 Å². The standard InChI is InChI=1S/C28H40N2O7Si2/c1-35-38(3,13-5-11-29-25(31)21-17-7-8-18(15-17)22(21)26(29)32)37-39(4,36-2)14-6-12-30-27(33)23-19-9-10-20(16-19)24(23)28(30)34/h7-10,17-24H,5-6,11-16H2,1-4H3. The van der Waals surface area contributed by atoms with Gasteiger partial charge in [-0.1, -0.05) is 24.3 Å². The highest BCUT2D eigenvalue weighted by Gasteiger charge is 2.60. The molecule has 2 saturated heterocycles. The van der Waals surface area contributed by atoms with E-state index in [1.54, 1.807) is 14.2 Å². The van der Waals surface area contributed by atoms with Crippen molar-refractivity contribution in [3.05, 3.63) is 24.3 Å². The zero-order valence-electron chi connectivity index (χ0n) is 23.3. The van der Waals surface area contributed by atoms with Crippen molar-refractivity contribution in [2.24, 2.45) is 47.3 Å². The minimum absolute atomic E-state index is 0.0152. The van der Waals surface area contributed by atoms with Crippen molar-refractivity contribution in [1.82, 2.24) is 9.80 Å². The van der Waals surface area contributed by atoms with E-state index in [4.69, 9.17) is 13.0 Å². The third-order valence-corrected chi connectivity index (χ3v) is 18.1. The Balaban J connectivity index is 1.00. The molecule has 4 bridgehead atoms. The Morgan fingerprint density at radius 1 is 0.641 bits per heavy atom. The number of imide groups is 2. The lowest BCUT2D eigenvalue weighted by molar-refractivity contribution is -0.142. The lowest BCUT2D eigenvalue weighted by Gasteiger charge is -2.36. The molecule has 11 heteroatoms. The van der Waals surface area contributed by atoms with Crippen LogP contribution in [0.4, 0.5) is 0 Å². The van der Waals surface area contributed by atoms with E-state index in [0.29, 0.717) is 38.0 Å². The minimum atomic E-state index is -2.66. The number of nitrogens with zero attached hydrogens (tertiary/aromatic N) is 2. The summed E-state index contributed by atoms with van der Waals surface area (Å²) in [5.74, 6) is 0.138. The first-order valence-electron chi connectivity index (χ1n) is 14.5. The number of hydrogen-bond donors (Lipinski definition) is 0. The molecule has 212 valence electrons. The summed E-state index contributed by atoms with van der Waals surface area (Å²) in [4.78, 5) is 55.0. The van der Waals surface area contributed by atoms with Crippen molar-refractivity contribution in [3.8, 4) is 0 Å². The molecule has 0 radical (unpaired) electrons. The van der Waals surface area contributed by atoms with Crippen molar-refractivity contribution in [1.29, 1.82) is 0 Å². The van der Waals surface area contributed by atoms with E-state index in [-0.39, 0.29) is 71.0 Å². The van der Waals surface area contributed by atoms with Crippen molar-refractivity contribution >= 4 is 40.8 Å². The molecule has 6 rings (SSSR count). The average Bonchev–Trinajstić information content (AvgIpc) is 3.76. The second kappa shape index (κ2) is 9.86. The molecule has 4 amide bonds. The number of fused-ring (bicyclic) bond motifs is 10. The summed E-state index contributed by atoms with van der Waals surface area (Å²) in [6, 6.07) is 1.27. The van der Waals surface area contributed by atoms with Crippen LogP contribution in [0, 0.1) is 47.3 Å². The van der Waals surface area contributed by atoms with Crippen molar-refractivity contribution in [2.75, 3.05) is 27.3 Å². The van der Waals surface area contributed by atoms with Crippen LogP contribution < -0.4 is 0 Å². The highest BCUT2D eigenvalue weighted by molar-refractivity contribution is 6.80. The summed E-state index contributed by atoms with van der Waals surface area (Å²) in [6.45, 7) is 4.79. The van der Waals surface area contributed by atoms with Gasteiger partial charge in [0, 0.05) is 27.3 Å². The lowest BCUT2D eigenvalue weighted by atomic mass is 9.85. The molecule has 0 N–H and O–H groups in total. The van der Waals surface area contributed by atoms with Crippen LogP contribution in [0.3, 0.4) is 0 Å². The minimum Gasteiger partial charge on any atom is -0.415 e. The summed E-state index contributed by atoms with van der Waals surface area (Å²) in [5.41, 5.74) is 0. The molecule has 10 unspecified atom stereocenters. The fraction of sp³-hybridized carbons (Fsp3) is 0.714. The molecule has 2 saturated carbocycles. The van der Waals surface area contributed by atoms with Crippen LogP contribution in [0.5, 0.6) is 0 Å². The van der Waals surface area contributed by atoms with E-state index in [0.717, 1.165) is 12.8 Å². The average molecular weight is 573 g/mol. The molecule has 2 heterocycles. The van der Waals surface area contributed by atoms with Crippen LogP contribution in [0.1, 0.15) is 25.7 Å². The van der Waals surface area contributed by atoms with Gasteiger partial charge in [-0.15, -0.1) is 0 Å². The lowest BCUT2D eigenvalue weighted by Crippen LogP contribution is -2.51. The number of allylic oxidation sites excluding steroid dienone is 4. The number of rotatable bonds is 12. The Hall–Kier alpha value is -1.93. The quantitative estimate of drug-likeness (QED) is 0.201. The van der Waals surface area contributed by atoms with Crippen LogP contribution >= 0.6 is 0 Å². The van der Waals surface area contributed by atoms with Gasteiger partial charge >= 0.3 is 17.1 Å². The third kappa shape index (κ3) is 4.35. The summed E-state index contributed by atoms with van der Waals surface area (Å²) < 4.78 is 18.5. The SMILES string of the molecule is CO[Si](C)(CCCN1C(=O)C2C3C=CC(C3)C2C1=O)O[Si](C)(CCCN1C(=O)C2C3C=CC(C3)C2C1=O)OC. The second-order valence-electron chi connectivity index (χ2n) is 12.6. The van der Waals surface area contributed by atoms with Crippen molar-refractivity contribution < 1.29 is 32.1 Å². The Bertz CT molecular complexity index is 999. The summed E-state index contributed by atoms with van der Waals surface area (Å²) in [5, 5.41) is 0. The van der Waals surface area contributed by atoms with E-state index in [9.17, 15) is 19.2 Å². The normalized spacial score (nSPS) is 38.8. The van der Waals surface area contributed by atoms with Crippen LogP contribution in [0.25, 0.3) is 0 Å². The first-order chi connectivity index (χ1) is 18.6. The number of carbonyl (C=O) groups is 4. The predicted molar refractivity (Wildman–Crippen MR) is 146 cm³/mol. The Morgan fingerprint density at radius 2 is 0.949 bits per heavy atom. The molecule has 2 aliphatic heterocycles. The molecular weight excluding hydrogens is 532 g/mol. The van der Waals surface area contributed by atoms with Gasteiger partial charge in [-0.3, -0.25) is 29.0 Å². The number of hydrogen-bond acceptors (Lipinski definition) is 7. The van der Waals surface area contributed by atoms with Crippen LogP contribution in [0.15, 0.2) is 24.3 Å². The molecule has 4 fully saturated rings. The zero-order chi connectivity index (χ0) is 27.7. The molecule has 0 aromatic rings. The molecule has 10 atom stereocenters. The maximum Gasteiger partial charge on any atom is 0.325 e. The fourth-order valence-corrected chi connectivity index (χ4v) is 15.5. The van der Waals surface area contributed by atoms with Gasteiger partial charge in [0.2, 0.25) is 23.6 Å². The first kappa shape index (κ1) is 27.3. The molecular formula is C28H40N2O7Si2. The first-order valence-corrected chi connectivity index (χ1v) is 19.5. The zero-order valence-corrected chi connectivity index (χ0v) is 25.3. The molecule has 9 nitrogen and oxygen atoms in total. The number of amides is 4. The van der Waals surface area contributed by atoms with Gasteiger partial charge < -0.3 is 13.0 Å². The van der Waals surface area contributed by atoms with Crippen LogP contribution in [-0.4, -0.2) is 77.9 Å². The van der Waals surface area contributed by atoms with Crippen molar-refractivity contribution in [2.45, 2.75) is 50.9 Å². The molecule has 0 aromatic carbocycles. The van der Waals surface area contributed by atoms with Crippen LogP contribution in [0.2, 0.25) is 25.2 Å². The van der Waals surface area contributed by atoms with Gasteiger partial charge in [0.15, 0.2) is 0 Å². The van der Waals surface area contributed by atoms with E-state index in [1.165, 1.54) is 9.80 Å². The smallest absolute Gasteiger partial charge is 0.325 e. The largest absolute Gasteiger partial charge is 0.415 e. The second-order valence-corrected chi connectivity index (χ2v) is 19.8. The van der Waals surface area contributed by atoms with Gasteiger partial charge in [0.1, 0.15) is 0 Å². The Morgan fingerprint density at radius 3 is 1.23 bits per heavy atom. The predicted octanol–water partition coefficient (Wildman–Crippen LogP) is 2.83. The van der Waals surface area contributed by atoms with Gasteiger partial charge in [-0.05, 0) is 74.5 Å². The third-order valence-electron chi connectivity index (χ3n) is 10.4. The van der Waals surface area contributed by atoms with Gasteiger partial charge in [0.25, 0.3) is 0 Å². The van der Waals surface area contributed by atoms with E-state index in [2.05, 4.69) is 24.3 Å². The summed E-state index contributed by atoms with van der Waals surface area (Å²) in [7, 11) is -2.01. The van der Waals surface area contributed by atoms with Gasteiger partial charge in [0.05, 0.1) is 23.7 Å². The molecule has 0 aromatic heterocycles. The molecule has 39 heavy (non-hydrogen) atoms. The van der Waals surface area contributed by atoms with E-state index < -0.39 is 17.1 Å². The highest BCUT2D eigenvalue weighted by atomic mass is 28.5. The van der Waals surface area contributed by atoms with Gasteiger partial charge in [-0.25, -0.2) is 0 Å². The topological polar surface area (TPSA) is 102 Å². The maximum absolute atomic E-state index is 13.0. The summed E-state index contributed by atoms with van der Waals surface area (Å²) in [6.07, 6.45) is 11.6. The highest BCUT2D eigenvalue weighted by Crippen LogP contribution is 2.53. The molecule has 0 spiro atoms. The van der Waals surface area contributed by atoms with Crippen molar-refractivity contribution in [3.63, 3.8) is 0 Å². The van der Waals surface area contributed by atoms with E-state index >= 15 is 0 Å². The van der Waals surface area contributed by atoms with Gasteiger partial charge in [-0.2, -0.15) is 0 Å². The maximum atomic E-state index is 13.0. The monoisotopic (exact) mass is 572 g/mol. The van der Waals surface area contributed by atoms with Crippen LogP contribution in [-0.2, 0) is 32.1 Å². The molecule has 4 aliphatic carbocycles.